The highest BCUT2D eigenvalue weighted by molar-refractivity contribution is 7.89. The molecule has 1 aliphatic heterocycles. The summed E-state index contributed by atoms with van der Waals surface area (Å²) >= 11 is 5.87. The molecule has 176 valence electrons. The van der Waals surface area contributed by atoms with Crippen LogP contribution in [-0.4, -0.2) is 37.4 Å². The van der Waals surface area contributed by atoms with Crippen LogP contribution >= 0.6 is 11.6 Å². The van der Waals surface area contributed by atoms with Crippen LogP contribution in [-0.2, 0) is 21.4 Å². The van der Waals surface area contributed by atoms with E-state index in [1.165, 1.54) is 34.8 Å². The molecule has 0 radical (unpaired) electrons. The van der Waals surface area contributed by atoms with Crippen molar-refractivity contribution in [1.29, 1.82) is 0 Å². The molecule has 1 saturated heterocycles. The van der Waals surface area contributed by atoms with Crippen LogP contribution in [0, 0.1) is 0 Å². The lowest BCUT2D eigenvalue weighted by atomic mass is 10.2. The van der Waals surface area contributed by atoms with Crippen molar-refractivity contribution in [2.45, 2.75) is 30.4 Å². The summed E-state index contributed by atoms with van der Waals surface area (Å²) in [5.41, 5.74) is 4.21. The second kappa shape index (κ2) is 10.8. The molecule has 1 amide bonds. The molecule has 1 heterocycles. The zero-order valence-electron chi connectivity index (χ0n) is 18.3. The number of hydrazone groups is 1. The maximum atomic E-state index is 13.0. The van der Waals surface area contributed by atoms with Gasteiger partial charge in [0.25, 0.3) is 5.91 Å². The van der Waals surface area contributed by atoms with Gasteiger partial charge in [-0.3, -0.25) is 4.79 Å². The minimum absolute atomic E-state index is 0.101. The van der Waals surface area contributed by atoms with Crippen molar-refractivity contribution in [3.05, 3.63) is 95.0 Å². The molecule has 3 aromatic carbocycles. The van der Waals surface area contributed by atoms with E-state index in [1.807, 2.05) is 54.6 Å². The Morgan fingerprint density at radius 2 is 1.76 bits per heavy atom. The Morgan fingerprint density at radius 3 is 2.53 bits per heavy atom. The van der Waals surface area contributed by atoms with E-state index in [1.54, 1.807) is 0 Å². The van der Waals surface area contributed by atoms with E-state index in [2.05, 4.69) is 10.5 Å². The number of benzene rings is 3. The molecule has 0 spiro atoms. The van der Waals surface area contributed by atoms with Crippen molar-refractivity contribution in [3.63, 3.8) is 0 Å². The van der Waals surface area contributed by atoms with Crippen LogP contribution in [0.15, 0.2) is 88.9 Å². The molecular formula is C25H24ClN3O4S. The zero-order valence-corrected chi connectivity index (χ0v) is 19.9. The van der Waals surface area contributed by atoms with E-state index in [9.17, 15) is 13.2 Å². The molecule has 7 nitrogen and oxygen atoms in total. The predicted octanol–water partition coefficient (Wildman–Crippen LogP) is 4.22. The topological polar surface area (TPSA) is 88.1 Å². The minimum atomic E-state index is -3.83. The average molecular weight is 498 g/mol. The molecule has 3 aromatic rings. The fourth-order valence-electron chi connectivity index (χ4n) is 3.73. The summed E-state index contributed by atoms with van der Waals surface area (Å²) in [6, 6.07) is 22.2. The lowest BCUT2D eigenvalue weighted by Gasteiger charge is -2.22. The first-order chi connectivity index (χ1) is 16.4. The van der Waals surface area contributed by atoms with Crippen LogP contribution in [0.5, 0.6) is 5.75 Å². The number of hydrogen-bond donors (Lipinski definition) is 1. The van der Waals surface area contributed by atoms with Gasteiger partial charge in [-0.05, 0) is 54.8 Å². The van der Waals surface area contributed by atoms with E-state index in [-0.39, 0.29) is 11.4 Å². The molecule has 0 unspecified atom stereocenters. The molecule has 1 fully saturated rings. The summed E-state index contributed by atoms with van der Waals surface area (Å²) in [4.78, 5) is 12.9. The van der Waals surface area contributed by atoms with Gasteiger partial charge in [-0.2, -0.15) is 9.41 Å². The number of nitrogens with zero attached hydrogens (tertiary/aromatic N) is 2. The number of sulfonamides is 1. The largest absolute Gasteiger partial charge is 0.488 e. The van der Waals surface area contributed by atoms with E-state index >= 15 is 0 Å². The highest BCUT2D eigenvalue weighted by Crippen LogP contribution is 2.27. The van der Waals surface area contributed by atoms with Gasteiger partial charge in [0.15, 0.2) is 0 Å². The Labute approximate surface area is 204 Å². The van der Waals surface area contributed by atoms with Crippen LogP contribution < -0.4 is 10.2 Å². The fourth-order valence-corrected chi connectivity index (χ4v) is 5.51. The minimum Gasteiger partial charge on any atom is -0.488 e. The van der Waals surface area contributed by atoms with Crippen LogP contribution in [0.3, 0.4) is 0 Å². The second-order valence-electron chi connectivity index (χ2n) is 7.77. The summed E-state index contributed by atoms with van der Waals surface area (Å²) in [6.45, 7) is 0.667. The summed E-state index contributed by atoms with van der Waals surface area (Å²) in [5, 5.41) is 4.50. The van der Waals surface area contributed by atoms with Crippen LogP contribution in [0.2, 0.25) is 5.02 Å². The van der Waals surface area contributed by atoms with Crippen LogP contribution in [0.4, 0.5) is 0 Å². The Balaban J connectivity index is 1.41. The van der Waals surface area contributed by atoms with E-state index < -0.39 is 22.0 Å². The van der Waals surface area contributed by atoms with Gasteiger partial charge in [0.2, 0.25) is 10.0 Å². The number of para-hydroxylation sites is 1. The van der Waals surface area contributed by atoms with Gasteiger partial charge in [-0.25, -0.2) is 13.8 Å². The van der Waals surface area contributed by atoms with Crippen LogP contribution in [0.1, 0.15) is 24.0 Å². The first kappa shape index (κ1) is 23.9. The van der Waals surface area contributed by atoms with Gasteiger partial charge < -0.3 is 4.74 Å². The van der Waals surface area contributed by atoms with E-state index in [0.29, 0.717) is 35.8 Å². The normalized spacial score (nSPS) is 16.6. The summed E-state index contributed by atoms with van der Waals surface area (Å²) in [6.07, 6.45) is 2.50. The maximum Gasteiger partial charge on any atom is 0.258 e. The Hall–Kier alpha value is -3.20. The monoisotopic (exact) mass is 497 g/mol. The third kappa shape index (κ3) is 5.64. The molecule has 1 N–H and O–H groups in total. The lowest BCUT2D eigenvalue weighted by molar-refractivity contribution is -0.124. The lowest BCUT2D eigenvalue weighted by Crippen LogP contribution is -2.44. The second-order valence-corrected chi connectivity index (χ2v) is 10.1. The van der Waals surface area contributed by atoms with Crippen molar-refractivity contribution in [2.75, 3.05) is 6.54 Å². The van der Waals surface area contributed by atoms with Crippen molar-refractivity contribution in [1.82, 2.24) is 9.73 Å². The predicted molar refractivity (Wildman–Crippen MR) is 131 cm³/mol. The molecule has 0 aliphatic carbocycles. The molecule has 4 rings (SSSR count). The highest BCUT2D eigenvalue weighted by atomic mass is 35.5. The van der Waals surface area contributed by atoms with Gasteiger partial charge in [0.05, 0.1) is 11.1 Å². The highest BCUT2D eigenvalue weighted by Gasteiger charge is 2.39. The summed E-state index contributed by atoms with van der Waals surface area (Å²) < 4.78 is 33.2. The summed E-state index contributed by atoms with van der Waals surface area (Å²) in [7, 11) is -3.83. The number of nitrogens with one attached hydrogen (secondary N) is 1. The van der Waals surface area contributed by atoms with Crippen molar-refractivity contribution >= 4 is 33.7 Å². The molecule has 9 heteroatoms. The SMILES string of the molecule is O=C(N/N=C\c1ccccc1OCc1ccccc1)[C@@H]1CCCN1S(=O)(=O)c1ccc(Cl)cc1. The fraction of sp³-hybridized carbons (Fsp3) is 0.200. The van der Waals surface area contributed by atoms with Gasteiger partial charge in [-0.15, -0.1) is 0 Å². The van der Waals surface area contributed by atoms with Gasteiger partial charge in [-0.1, -0.05) is 54.1 Å². The Kier molecular flexibility index (Phi) is 7.62. The molecule has 34 heavy (non-hydrogen) atoms. The van der Waals surface area contributed by atoms with Crippen molar-refractivity contribution < 1.29 is 17.9 Å². The van der Waals surface area contributed by atoms with E-state index in [0.717, 1.165) is 5.56 Å². The van der Waals surface area contributed by atoms with Gasteiger partial charge in [0.1, 0.15) is 18.4 Å². The number of carbonyl (C=O) groups excluding carboxylic acids is 1. The van der Waals surface area contributed by atoms with E-state index in [4.69, 9.17) is 16.3 Å². The summed E-state index contributed by atoms with van der Waals surface area (Å²) in [5.74, 6) is 0.145. The molecule has 0 bridgehead atoms. The van der Waals surface area contributed by atoms with Gasteiger partial charge >= 0.3 is 0 Å². The van der Waals surface area contributed by atoms with Crippen molar-refractivity contribution in [3.8, 4) is 5.75 Å². The average Bonchev–Trinajstić information content (AvgIpc) is 3.36. The number of hydrogen-bond acceptors (Lipinski definition) is 5. The molecule has 0 aromatic heterocycles. The number of ether oxygens (including phenoxy) is 1. The zero-order chi connectivity index (χ0) is 24.0. The standard InChI is InChI=1S/C25H24ClN3O4S/c26-21-12-14-22(15-13-21)34(31,32)29-16-6-10-23(29)25(30)28-27-17-20-9-4-5-11-24(20)33-18-19-7-2-1-3-8-19/h1-5,7-9,11-15,17,23H,6,10,16,18H2,(H,28,30)/b27-17-/t23-/m0/s1. The molecular weight excluding hydrogens is 474 g/mol. The molecule has 1 atom stereocenters. The number of halogens is 1. The molecule has 0 saturated carbocycles. The third-order valence-corrected chi connectivity index (χ3v) is 7.64. The smallest absolute Gasteiger partial charge is 0.258 e. The number of amides is 1. The number of rotatable bonds is 8. The Morgan fingerprint density at radius 1 is 1.06 bits per heavy atom. The van der Waals surface area contributed by atoms with Gasteiger partial charge in [0, 0.05) is 17.1 Å². The number of carbonyl (C=O) groups is 1. The first-order valence-electron chi connectivity index (χ1n) is 10.8. The quantitative estimate of drug-likeness (QED) is 0.373. The third-order valence-electron chi connectivity index (χ3n) is 5.46. The first-order valence-corrected chi connectivity index (χ1v) is 12.6. The maximum absolute atomic E-state index is 13.0. The van der Waals surface area contributed by atoms with Crippen LogP contribution in [0.25, 0.3) is 0 Å². The Bertz CT molecular complexity index is 1260. The van der Waals surface area contributed by atoms with Crippen molar-refractivity contribution in [2.24, 2.45) is 5.10 Å². The molecule has 1 aliphatic rings.